The molecular weight excluding hydrogens is 262 g/mol. The molecule has 3 nitrogen and oxygen atoms in total. The predicted octanol–water partition coefficient (Wildman–Crippen LogP) is 4.28. The van der Waals surface area contributed by atoms with Crippen molar-refractivity contribution in [2.24, 2.45) is 4.99 Å². The van der Waals surface area contributed by atoms with Crippen LogP contribution in [0.25, 0.3) is 0 Å². The normalized spacial score (nSPS) is 15.1. The summed E-state index contributed by atoms with van der Waals surface area (Å²) >= 11 is 0. The molecule has 1 heterocycles. The first-order valence-corrected chi connectivity index (χ1v) is 7.27. The Balaban J connectivity index is 1.84. The van der Waals surface area contributed by atoms with E-state index in [1.165, 1.54) is 18.4 Å². The smallest absolute Gasteiger partial charge is 0.345 e. The van der Waals surface area contributed by atoms with Gasteiger partial charge < -0.3 is 4.74 Å². The molecule has 0 unspecified atom stereocenters. The Morgan fingerprint density at radius 2 is 1.71 bits per heavy atom. The van der Waals surface area contributed by atoms with Gasteiger partial charge in [-0.25, -0.2) is 9.79 Å². The largest absolute Gasteiger partial charge is 0.403 e. The van der Waals surface area contributed by atoms with Crippen LogP contribution in [0.15, 0.2) is 53.5 Å². The summed E-state index contributed by atoms with van der Waals surface area (Å²) in [6.07, 6.45) is 3.47. The standard InChI is InChI=1S/C18H17NO2/c1-2-3-6-13-9-11-14(12-10-13)19-17-15-7-4-5-8-16(15)18(20)21-17/h4-5,7-12H,2-3,6H2,1H3. The van der Waals surface area contributed by atoms with Gasteiger partial charge in [0, 0.05) is 0 Å². The number of ether oxygens (including phenoxy) is 1. The number of unbranched alkanes of at least 4 members (excludes halogenated alkanes) is 1. The lowest BCUT2D eigenvalue weighted by molar-refractivity contribution is 0.0737. The van der Waals surface area contributed by atoms with Crippen molar-refractivity contribution >= 4 is 17.6 Å². The Morgan fingerprint density at radius 1 is 1.00 bits per heavy atom. The molecule has 0 aromatic heterocycles. The molecule has 3 rings (SSSR count). The van der Waals surface area contributed by atoms with E-state index in [2.05, 4.69) is 24.0 Å². The minimum absolute atomic E-state index is 0.330. The van der Waals surface area contributed by atoms with E-state index < -0.39 is 0 Å². The maximum Gasteiger partial charge on any atom is 0.345 e. The molecule has 2 aromatic carbocycles. The molecular formula is C18H17NO2. The van der Waals surface area contributed by atoms with Gasteiger partial charge in [-0.2, -0.15) is 0 Å². The number of rotatable bonds is 4. The number of carbonyl (C=O) groups excluding carboxylic acids is 1. The van der Waals surface area contributed by atoms with Gasteiger partial charge in [0.1, 0.15) is 0 Å². The van der Waals surface area contributed by atoms with Crippen molar-refractivity contribution in [2.75, 3.05) is 0 Å². The van der Waals surface area contributed by atoms with Crippen molar-refractivity contribution in [1.29, 1.82) is 0 Å². The Labute approximate surface area is 124 Å². The van der Waals surface area contributed by atoms with Gasteiger partial charge in [0.15, 0.2) is 0 Å². The molecule has 1 aliphatic heterocycles. The third kappa shape index (κ3) is 2.87. The number of nitrogens with zero attached hydrogens (tertiary/aromatic N) is 1. The maximum absolute atomic E-state index is 11.7. The predicted molar refractivity (Wildman–Crippen MR) is 83.1 cm³/mol. The summed E-state index contributed by atoms with van der Waals surface area (Å²) in [5.41, 5.74) is 3.45. The van der Waals surface area contributed by atoms with Crippen LogP contribution in [0, 0.1) is 0 Å². The van der Waals surface area contributed by atoms with Crippen LogP contribution in [0.4, 0.5) is 5.69 Å². The van der Waals surface area contributed by atoms with Crippen LogP contribution in [-0.4, -0.2) is 11.9 Å². The van der Waals surface area contributed by atoms with E-state index in [0.717, 1.165) is 17.7 Å². The second-order valence-electron chi connectivity index (χ2n) is 5.12. The number of fused-ring (bicyclic) bond motifs is 1. The summed E-state index contributed by atoms with van der Waals surface area (Å²) in [6.45, 7) is 2.19. The van der Waals surface area contributed by atoms with Crippen molar-refractivity contribution in [1.82, 2.24) is 0 Å². The average molecular weight is 279 g/mol. The summed E-state index contributed by atoms with van der Waals surface area (Å²) in [4.78, 5) is 16.2. The lowest BCUT2D eigenvalue weighted by atomic mass is 10.1. The number of esters is 1. The number of benzene rings is 2. The van der Waals surface area contributed by atoms with Gasteiger partial charge in [-0.05, 0) is 42.7 Å². The third-order valence-electron chi connectivity index (χ3n) is 3.55. The van der Waals surface area contributed by atoms with Crippen LogP contribution in [0.3, 0.4) is 0 Å². The highest BCUT2D eigenvalue weighted by Gasteiger charge is 2.27. The zero-order chi connectivity index (χ0) is 14.7. The SMILES string of the molecule is CCCCc1ccc(N=C2OC(=O)c3ccccc32)cc1. The summed E-state index contributed by atoms with van der Waals surface area (Å²) in [7, 11) is 0. The average Bonchev–Trinajstić information content (AvgIpc) is 2.83. The van der Waals surface area contributed by atoms with E-state index in [0.29, 0.717) is 11.5 Å². The zero-order valence-corrected chi connectivity index (χ0v) is 12.0. The fraction of sp³-hybridized carbons (Fsp3) is 0.222. The quantitative estimate of drug-likeness (QED) is 0.784. The molecule has 0 saturated heterocycles. The van der Waals surface area contributed by atoms with Crippen LogP contribution in [0.1, 0.15) is 41.3 Å². The summed E-state index contributed by atoms with van der Waals surface area (Å²) in [6, 6.07) is 15.4. The minimum atomic E-state index is -0.330. The van der Waals surface area contributed by atoms with E-state index in [-0.39, 0.29) is 5.97 Å². The lowest BCUT2D eigenvalue weighted by Crippen LogP contribution is -1.99. The van der Waals surface area contributed by atoms with Gasteiger partial charge in [-0.3, -0.25) is 0 Å². The van der Waals surface area contributed by atoms with Gasteiger partial charge in [0.2, 0.25) is 5.90 Å². The van der Waals surface area contributed by atoms with Gasteiger partial charge >= 0.3 is 5.97 Å². The Kier molecular flexibility index (Phi) is 3.82. The second kappa shape index (κ2) is 5.92. The first-order chi connectivity index (χ1) is 10.3. The van der Waals surface area contributed by atoms with E-state index in [9.17, 15) is 4.79 Å². The Hall–Kier alpha value is -2.42. The van der Waals surface area contributed by atoms with Gasteiger partial charge in [-0.1, -0.05) is 37.6 Å². The van der Waals surface area contributed by atoms with E-state index in [1.807, 2.05) is 30.3 Å². The van der Waals surface area contributed by atoms with Crippen LogP contribution in [-0.2, 0) is 11.2 Å². The van der Waals surface area contributed by atoms with Crippen molar-refractivity contribution in [3.8, 4) is 0 Å². The molecule has 0 atom stereocenters. The number of aryl methyl sites for hydroxylation is 1. The van der Waals surface area contributed by atoms with E-state index in [4.69, 9.17) is 4.74 Å². The second-order valence-corrected chi connectivity index (χ2v) is 5.12. The van der Waals surface area contributed by atoms with Crippen LogP contribution < -0.4 is 0 Å². The molecule has 0 fully saturated rings. The van der Waals surface area contributed by atoms with Gasteiger partial charge in [0.05, 0.1) is 16.8 Å². The van der Waals surface area contributed by atoms with Crippen molar-refractivity contribution in [3.63, 3.8) is 0 Å². The summed E-state index contributed by atoms with van der Waals surface area (Å²) in [5, 5.41) is 0. The lowest BCUT2D eigenvalue weighted by Gasteiger charge is -2.01. The highest BCUT2D eigenvalue weighted by molar-refractivity contribution is 6.17. The maximum atomic E-state index is 11.7. The molecule has 0 amide bonds. The van der Waals surface area contributed by atoms with E-state index in [1.54, 1.807) is 6.07 Å². The summed E-state index contributed by atoms with van der Waals surface area (Å²) in [5.74, 6) is 0.0563. The molecule has 0 bridgehead atoms. The fourth-order valence-corrected chi connectivity index (χ4v) is 2.36. The number of carbonyl (C=O) groups is 1. The van der Waals surface area contributed by atoms with Gasteiger partial charge in [-0.15, -0.1) is 0 Å². The Morgan fingerprint density at radius 3 is 2.43 bits per heavy atom. The summed E-state index contributed by atoms with van der Waals surface area (Å²) < 4.78 is 5.24. The molecule has 1 aliphatic rings. The van der Waals surface area contributed by atoms with Crippen molar-refractivity contribution in [3.05, 3.63) is 65.2 Å². The molecule has 0 N–H and O–H groups in total. The molecule has 0 spiro atoms. The first kappa shape index (κ1) is 13.6. The third-order valence-corrected chi connectivity index (χ3v) is 3.55. The van der Waals surface area contributed by atoms with Gasteiger partial charge in [0.25, 0.3) is 0 Å². The molecule has 0 saturated carbocycles. The number of hydrogen-bond acceptors (Lipinski definition) is 3. The number of cyclic esters (lactones) is 1. The van der Waals surface area contributed by atoms with Crippen molar-refractivity contribution < 1.29 is 9.53 Å². The molecule has 3 heteroatoms. The molecule has 106 valence electrons. The van der Waals surface area contributed by atoms with Crippen LogP contribution in [0.2, 0.25) is 0 Å². The zero-order valence-electron chi connectivity index (χ0n) is 12.0. The Bertz CT molecular complexity index is 687. The molecule has 0 aliphatic carbocycles. The highest BCUT2D eigenvalue weighted by Crippen LogP contribution is 2.23. The minimum Gasteiger partial charge on any atom is -0.403 e. The van der Waals surface area contributed by atoms with Crippen molar-refractivity contribution in [2.45, 2.75) is 26.2 Å². The topological polar surface area (TPSA) is 38.7 Å². The number of hydrogen-bond donors (Lipinski definition) is 0. The highest BCUT2D eigenvalue weighted by atomic mass is 16.5. The fourth-order valence-electron chi connectivity index (χ4n) is 2.36. The monoisotopic (exact) mass is 279 g/mol. The van der Waals surface area contributed by atoms with E-state index >= 15 is 0 Å². The number of aliphatic imine (C=N–C) groups is 1. The first-order valence-electron chi connectivity index (χ1n) is 7.27. The molecule has 2 aromatic rings. The van der Waals surface area contributed by atoms with Crippen LogP contribution in [0.5, 0.6) is 0 Å². The molecule has 21 heavy (non-hydrogen) atoms. The molecule has 0 radical (unpaired) electrons. The van der Waals surface area contributed by atoms with Crippen LogP contribution >= 0.6 is 0 Å².